The summed E-state index contributed by atoms with van der Waals surface area (Å²) in [5.41, 5.74) is 13.7. The van der Waals surface area contributed by atoms with E-state index in [1.807, 2.05) is 54.6 Å². The van der Waals surface area contributed by atoms with Gasteiger partial charge in [-0.2, -0.15) is 5.26 Å². The monoisotopic (exact) mass is 964 g/mol. The van der Waals surface area contributed by atoms with Crippen molar-refractivity contribution in [2.24, 2.45) is 0 Å². The molecule has 13 aromatic carbocycles. The molecule has 0 aliphatic heterocycles. The molecule has 0 aliphatic rings. The summed E-state index contributed by atoms with van der Waals surface area (Å²) in [7, 11) is 0. The van der Waals surface area contributed by atoms with E-state index in [0.29, 0.717) is 23.0 Å². The van der Waals surface area contributed by atoms with Crippen LogP contribution in [0.1, 0.15) is 5.56 Å². The molecule has 0 atom stereocenters. The van der Waals surface area contributed by atoms with E-state index in [1.165, 1.54) is 59.4 Å². The Kier molecular flexibility index (Phi) is 10.9. The Labute approximate surface area is 440 Å². The van der Waals surface area contributed by atoms with Gasteiger partial charge in [-0.1, -0.05) is 231 Å². The van der Waals surface area contributed by atoms with Crippen molar-refractivity contribution in [3.05, 3.63) is 272 Å². The molecule has 4 heteroatoms. The van der Waals surface area contributed by atoms with Crippen LogP contribution in [0.15, 0.2) is 267 Å². The Morgan fingerprint density at radius 1 is 0.237 bits per heavy atom. The fourth-order valence-electron chi connectivity index (χ4n) is 11.3. The molecule has 0 spiro atoms. The van der Waals surface area contributed by atoms with Gasteiger partial charge in [-0.25, -0.2) is 15.0 Å². The number of rotatable bonds is 8. The van der Waals surface area contributed by atoms with Crippen molar-refractivity contribution in [2.45, 2.75) is 0 Å². The summed E-state index contributed by atoms with van der Waals surface area (Å²) in [5, 5.41) is 23.1. The molecule has 0 saturated carbocycles. The van der Waals surface area contributed by atoms with Crippen molar-refractivity contribution in [3.8, 4) is 95.9 Å². The van der Waals surface area contributed by atoms with Crippen molar-refractivity contribution in [2.75, 3.05) is 0 Å². The number of nitriles is 1. The topological polar surface area (TPSA) is 62.5 Å². The summed E-state index contributed by atoms with van der Waals surface area (Å²) in [6.45, 7) is 0. The molecule has 0 N–H and O–H groups in total. The van der Waals surface area contributed by atoms with E-state index >= 15 is 0 Å². The van der Waals surface area contributed by atoms with Crippen LogP contribution in [0, 0.1) is 11.3 Å². The van der Waals surface area contributed by atoms with Crippen molar-refractivity contribution in [3.63, 3.8) is 0 Å². The molecule has 0 radical (unpaired) electrons. The Morgan fingerprint density at radius 2 is 0.645 bits per heavy atom. The first-order valence-electron chi connectivity index (χ1n) is 25.6. The van der Waals surface area contributed by atoms with Crippen LogP contribution < -0.4 is 0 Å². The van der Waals surface area contributed by atoms with E-state index in [4.69, 9.17) is 15.0 Å². The van der Waals surface area contributed by atoms with E-state index in [0.717, 1.165) is 66.8 Å². The van der Waals surface area contributed by atoms with Crippen LogP contribution in [0.4, 0.5) is 0 Å². The number of nitrogens with zero attached hydrogens (tertiary/aromatic N) is 4. The molecule has 0 unspecified atom stereocenters. The average molecular weight is 965 g/mol. The van der Waals surface area contributed by atoms with Gasteiger partial charge >= 0.3 is 0 Å². The highest BCUT2D eigenvalue weighted by molar-refractivity contribution is 6.25. The van der Waals surface area contributed by atoms with Gasteiger partial charge in [0.25, 0.3) is 0 Å². The first-order valence-corrected chi connectivity index (χ1v) is 25.6. The zero-order chi connectivity index (χ0) is 50.5. The highest BCUT2D eigenvalue weighted by Crippen LogP contribution is 2.41. The predicted octanol–water partition coefficient (Wildman–Crippen LogP) is 18.8. The second-order valence-corrected chi connectivity index (χ2v) is 19.4. The standard InChI is InChI=1S/C72H44N4/c73-45-57-25-15-33-59(51-20-12-19-49(40-51)46-34-36-47(37-35-46)50-38-39-66-63-30-8-7-28-61(63)62-29-9-11-32-65(62)68(66)43-50)69(57)54-22-14-24-56(42-54)72-75-70(48-16-2-1-3-17-48)74-71(76-72)55-23-13-21-52(41-55)67-44-53-18-4-5-26-58(53)60-27-6-10-31-64(60)67/h1-44H. The van der Waals surface area contributed by atoms with E-state index in [9.17, 15) is 5.26 Å². The Hall–Kier alpha value is -10.3. The number of hydrogen-bond donors (Lipinski definition) is 0. The third kappa shape index (κ3) is 7.83. The van der Waals surface area contributed by atoms with Gasteiger partial charge in [0, 0.05) is 22.3 Å². The lowest BCUT2D eigenvalue weighted by molar-refractivity contribution is 1.07. The van der Waals surface area contributed by atoms with E-state index < -0.39 is 0 Å². The Morgan fingerprint density at radius 3 is 1.28 bits per heavy atom. The SMILES string of the molecule is N#Cc1cccc(-c2cccc(-c3ccc(-c4ccc5c6ccccc6c6ccccc6c5c4)cc3)c2)c1-c1cccc(-c2nc(-c3ccccc3)nc(-c3cccc(-c4cc5ccccc5c5ccccc45)c3)n2)c1. The molecule has 0 aliphatic carbocycles. The molecule has 0 saturated heterocycles. The fourth-order valence-corrected chi connectivity index (χ4v) is 11.3. The number of benzene rings is 13. The maximum atomic E-state index is 10.7. The van der Waals surface area contributed by atoms with E-state index in [2.05, 4.69) is 218 Å². The second-order valence-electron chi connectivity index (χ2n) is 19.4. The second kappa shape index (κ2) is 18.6. The van der Waals surface area contributed by atoms with Gasteiger partial charge in [-0.05, 0) is 140 Å². The molecular formula is C72H44N4. The zero-order valence-electron chi connectivity index (χ0n) is 41.2. The molecule has 0 bridgehead atoms. The quantitative estimate of drug-likeness (QED) is 0.142. The summed E-state index contributed by atoms with van der Waals surface area (Å²) in [4.78, 5) is 15.5. The molecule has 14 aromatic rings. The highest BCUT2D eigenvalue weighted by atomic mass is 15.0. The maximum Gasteiger partial charge on any atom is 0.164 e. The van der Waals surface area contributed by atoms with Crippen LogP contribution in [0.3, 0.4) is 0 Å². The van der Waals surface area contributed by atoms with Gasteiger partial charge in [-0.15, -0.1) is 0 Å². The molecular weight excluding hydrogens is 921 g/mol. The van der Waals surface area contributed by atoms with Crippen LogP contribution in [0.5, 0.6) is 0 Å². The van der Waals surface area contributed by atoms with E-state index in [-0.39, 0.29) is 0 Å². The minimum Gasteiger partial charge on any atom is -0.208 e. The maximum absolute atomic E-state index is 10.7. The van der Waals surface area contributed by atoms with E-state index in [1.54, 1.807) is 0 Å². The minimum atomic E-state index is 0.541. The first kappa shape index (κ1) is 44.4. The van der Waals surface area contributed by atoms with Gasteiger partial charge in [-0.3, -0.25) is 0 Å². The molecule has 4 nitrogen and oxygen atoms in total. The van der Waals surface area contributed by atoms with Crippen LogP contribution in [0.25, 0.3) is 144 Å². The summed E-state index contributed by atoms with van der Waals surface area (Å²) >= 11 is 0. The fraction of sp³-hybridized carbons (Fsp3) is 0. The third-order valence-electron chi connectivity index (χ3n) is 14.9. The van der Waals surface area contributed by atoms with Crippen molar-refractivity contribution in [1.82, 2.24) is 15.0 Å². The van der Waals surface area contributed by atoms with Crippen molar-refractivity contribution in [1.29, 1.82) is 5.26 Å². The van der Waals surface area contributed by atoms with Crippen molar-refractivity contribution >= 4 is 53.9 Å². The summed E-state index contributed by atoms with van der Waals surface area (Å²) in [6.07, 6.45) is 0. The Balaban J connectivity index is 0.823. The van der Waals surface area contributed by atoms with Gasteiger partial charge in [0.15, 0.2) is 17.5 Å². The van der Waals surface area contributed by atoms with Gasteiger partial charge in [0.1, 0.15) is 0 Å². The number of aromatic nitrogens is 3. The summed E-state index contributed by atoms with van der Waals surface area (Å²) in [5.74, 6) is 1.69. The minimum absolute atomic E-state index is 0.541. The highest BCUT2D eigenvalue weighted by Gasteiger charge is 2.19. The smallest absolute Gasteiger partial charge is 0.164 e. The normalized spacial score (nSPS) is 11.4. The van der Waals surface area contributed by atoms with Crippen molar-refractivity contribution < 1.29 is 0 Å². The predicted molar refractivity (Wildman–Crippen MR) is 316 cm³/mol. The molecule has 1 aromatic heterocycles. The molecule has 0 amide bonds. The zero-order valence-corrected chi connectivity index (χ0v) is 41.2. The lowest BCUT2D eigenvalue weighted by Gasteiger charge is -2.15. The third-order valence-corrected chi connectivity index (χ3v) is 14.9. The first-order chi connectivity index (χ1) is 37.6. The van der Waals surface area contributed by atoms with Crippen LogP contribution >= 0.6 is 0 Å². The lowest BCUT2D eigenvalue weighted by Crippen LogP contribution is -2.00. The molecule has 0 fully saturated rings. The molecule has 1 heterocycles. The van der Waals surface area contributed by atoms with Crippen LogP contribution in [-0.4, -0.2) is 15.0 Å². The average Bonchev–Trinajstić information content (AvgIpc) is 3.57. The molecule has 352 valence electrons. The molecule has 76 heavy (non-hydrogen) atoms. The largest absolute Gasteiger partial charge is 0.208 e. The van der Waals surface area contributed by atoms with Crippen LogP contribution in [-0.2, 0) is 0 Å². The number of hydrogen-bond acceptors (Lipinski definition) is 4. The Bertz CT molecular complexity index is 4610. The van der Waals surface area contributed by atoms with Crippen LogP contribution in [0.2, 0.25) is 0 Å². The lowest BCUT2D eigenvalue weighted by atomic mass is 9.89. The molecule has 14 rings (SSSR count). The number of fused-ring (bicyclic) bond motifs is 9. The summed E-state index contributed by atoms with van der Waals surface area (Å²) < 4.78 is 0. The van der Waals surface area contributed by atoms with Gasteiger partial charge < -0.3 is 0 Å². The van der Waals surface area contributed by atoms with Gasteiger partial charge in [0.05, 0.1) is 11.6 Å². The summed E-state index contributed by atoms with van der Waals surface area (Å²) in [6, 6.07) is 96.5. The van der Waals surface area contributed by atoms with Gasteiger partial charge in [0.2, 0.25) is 0 Å².